The summed E-state index contributed by atoms with van der Waals surface area (Å²) in [6.45, 7) is 6.60. The Labute approximate surface area is 72.8 Å². The van der Waals surface area contributed by atoms with Gasteiger partial charge in [0.1, 0.15) is 6.34 Å². The number of hydrogen-bond acceptors (Lipinski definition) is 3. The van der Waals surface area contributed by atoms with Crippen LogP contribution in [-0.4, -0.2) is 35.3 Å². The van der Waals surface area contributed by atoms with Gasteiger partial charge in [-0.15, -0.1) is 0 Å². The highest BCUT2D eigenvalue weighted by Crippen LogP contribution is 2.16. The van der Waals surface area contributed by atoms with Crippen LogP contribution in [0, 0.1) is 0 Å². The maximum absolute atomic E-state index is 13.4. The zero-order valence-corrected chi connectivity index (χ0v) is 7.87. The van der Waals surface area contributed by atoms with Crippen molar-refractivity contribution in [2.24, 2.45) is 5.10 Å². The van der Waals surface area contributed by atoms with Crippen LogP contribution in [0.2, 0.25) is 0 Å². The van der Waals surface area contributed by atoms with Crippen LogP contribution >= 0.6 is 0 Å². The summed E-state index contributed by atoms with van der Waals surface area (Å²) in [5.41, 5.74) is 0. The molecule has 0 bridgehead atoms. The first kappa shape index (κ1) is 9.29. The van der Waals surface area contributed by atoms with E-state index in [4.69, 9.17) is 0 Å². The Kier molecular flexibility index (Phi) is 2.89. The molecule has 1 aliphatic rings. The van der Waals surface area contributed by atoms with Gasteiger partial charge in [0.2, 0.25) is 0 Å². The quantitative estimate of drug-likeness (QED) is 0.604. The van der Waals surface area contributed by atoms with E-state index in [9.17, 15) is 4.39 Å². The third kappa shape index (κ3) is 1.68. The molecule has 0 aromatic heterocycles. The van der Waals surface area contributed by atoms with Crippen molar-refractivity contribution in [2.75, 3.05) is 6.54 Å². The average molecular weight is 173 g/mol. The maximum atomic E-state index is 13.4. The van der Waals surface area contributed by atoms with Crippen molar-refractivity contribution in [3.63, 3.8) is 0 Å². The van der Waals surface area contributed by atoms with Gasteiger partial charge < -0.3 is 4.90 Å². The van der Waals surface area contributed by atoms with E-state index in [1.165, 1.54) is 5.01 Å². The molecule has 0 amide bonds. The highest BCUT2D eigenvalue weighted by atomic mass is 19.1. The summed E-state index contributed by atoms with van der Waals surface area (Å²) in [5.74, 6) is 0. The first-order valence-electron chi connectivity index (χ1n) is 4.39. The van der Waals surface area contributed by atoms with Crippen LogP contribution in [0.4, 0.5) is 4.39 Å². The van der Waals surface area contributed by atoms with Gasteiger partial charge in [0.05, 0.1) is 0 Å². The number of nitrogens with zero attached hydrogens (tertiary/aromatic N) is 3. The lowest BCUT2D eigenvalue weighted by Crippen LogP contribution is -2.40. The normalized spacial score (nSPS) is 22.9. The predicted octanol–water partition coefficient (Wildman–Crippen LogP) is 1.62. The van der Waals surface area contributed by atoms with Crippen molar-refractivity contribution in [3.8, 4) is 0 Å². The highest BCUT2D eigenvalue weighted by Gasteiger charge is 2.27. The average Bonchev–Trinajstić information content (AvgIpc) is 2.34. The summed E-state index contributed by atoms with van der Waals surface area (Å²) in [7, 11) is 0. The topological polar surface area (TPSA) is 18.8 Å². The van der Waals surface area contributed by atoms with Gasteiger partial charge in [-0.1, -0.05) is 6.92 Å². The molecule has 3 nitrogen and oxygen atoms in total. The minimum atomic E-state index is -1.06. The summed E-state index contributed by atoms with van der Waals surface area (Å²) in [6.07, 6.45) is 1.43. The second-order valence-corrected chi connectivity index (χ2v) is 3.25. The second kappa shape index (κ2) is 3.74. The monoisotopic (exact) mass is 173 g/mol. The Morgan fingerprint density at radius 1 is 1.58 bits per heavy atom. The van der Waals surface area contributed by atoms with Crippen LogP contribution < -0.4 is 0 Å². The van der Waals surface area contributed by atoms with E-state index in [-0.39, 0.29) is 6.04 Å². The lowest BCUT2D eigenvalue weighted by atomic mass is 10.3. The largest absolute Gasteiger partial charge is 0.311 e. The molecule has 0 spiro atoms. The van der Waals surface area contributed by atoms with Crippen LogP contribution in [0.25, 0.3) is 0 Å². The van der Waals surface area contributed by atoms with Crippen molar-refractivity contribution < 1.29 is 4.39 Å². The van der Waals surface area contributed by atoms with Crippen molar-refractivity contribution in [1.82, 2.24) is 9.91 Å². The summed E-state index contributed by atoms with van der Waals surface area (Å²) >= 11 is 0. The molecule has 1 aliphatic heterocycles. The van der Waals surface area contributed by atoms with Gasteiger partial charge >= 0.3 is 0 Å². The molecule has 0 aliphatic carbocycles. The number of alkyl halides is 1. The molecule has 1 rings (SSSR count). The SMILES string of the molecule is CCCN1N=CN(C(C)C)C1F. The highest BCUT2D eigenvalue weighted by molar-refractivity contribution is 5.57. The number of hydrogen-bond donors (Lipinski definition) is 0. The Bertz CT molecular complexity index is 170. The van der Waals surface area contributed by atoms with Crippen LogP contribution in [0.3, 0.4) is 0 Å². The Morgan fingerprint density at radius 2 is 2.25 bits per heavy atom. The third-order valence-corrected chi connectivity index (χ3v) is 1.87. The van der Waals surface area contributed by atoms with Gasteiger partial charge in [-0.05, 0) is 20.3 Å². The molecule has 1 atom stereocenters. The standard InChI is InChI=1S/C8H16FN3/c1-4-5-12-8(9)11(6-10-12)7(2)3/h6-8H,4-5H2,1-3H3. The van der Waals surface area contributed by atoms with Crippen LogP contribution in [0.15, 0.2) is 5.10 Å². The molecule has 1 heterocycles. The molecule has 0 radical (unpaired) electrons. The molecule has 0 aromatic carbocycles. The molecule has 1 unspecified atom stereocenters. The lowest BCUT2D eigenvalue weighted by molar-refractivity contribution is 0.00259. The van der Waals surface area contributed by atoms with E-state index in [0.717, 1.165) is 6.42 Å². The van der Waals surface area contributed by atoms with Gasteiger partial charge in [-0.2, -0.15) is 9.49 Å². The zero-order valence-electron chi connectivity index (χ0n) is 7.87. The van der Waals surface area contributed by atoms with Crippen molar-refractivity contribution in [3.05, 3.63) is 0 Å². The van der Waals surface area contributed by atoms with Crippen molar-refractivity contribution in [1.29, 1.82) is 0 Å². The van der Waals surface area contributed by atoms with E-state index in [1.807, 2.05) is 20.8 Å². The lowest BCUT2D eigenvalue weighted by Gasteiger charge is -2.26. The molecular formula is C8H16FN3. The molecule has 0 fully saturated rings. The molecule has 12 heavy (non-hydrogen) atoms. The number of rotatable bonds is 3. The molecular weight excluding hydrogens is 157 g/mol. The van der Waals surface area contributed by atoms with Gasteiger partial charge in [0.15, 0.2) is 0 Å². The molecule has 0 saturated heterocycles. The Morgan fingerprint density at radius 3 is 2.67 bits per heavy atom. The zero-order chi connectivity index (χ0) is 9.14. The molecule has 0 N–H and O–H groups in total. The van der Waals surface area contributed by atoms with Crippen molar-refractivity contribution in [2.45, 2.75) is 39.7 Å². The fourth-order valence-electron chi connectivity index (χ4n) is 1.16. The van der Waals surface area contributed by atoms with Crippen LogP contribution in [0.1, 0.15) is 27.2 Å². The van der Waals surface area contributed by atoms with Gasteiger partial charge in [-0.3, -0.25) is 0 Å². The van der Waals surface area contributed by atoms with E-state index in [2.05, 4.69) is 5.10 Å². The summed E-state index contributed by atoms with van der Waals surface area (Å²) in [4.78, 5) is 1.61. The van der Waals surface area contributed by atoms with Crippen LogP contribution in [0.5, 0.6) is 0 Å². The van der Waals surface area contributed by atoms with Crippen LogP contribution in [-0.2, 0) is 0 Å². The summed E-state index contributed by atoms with van der Waals surface area (Å²) in [5, 5.41) is 5.44. The second-order valence-electron chi connectivity index (χ2n) is 3.25. The predicted molar refractivity (Wildman–Crippen MR) is 47.4 cm³/mol. The van der Waals surface area contributed by atoms with Gasteiger partial charge in [-0.25, -0.2) is 5.01 Å². The molecule has 4 heteroatoms. The first-order chi connectivity index (χ1) is 5.66. The van der Waals surface area contributed by atoms with Gasteiger partial charge in [0, 0.05) is 12.6 Å². The van der Waals surface area contributed by atoms with E-state index < -0.39 is 6.42 Å². The molecule has 0 saturated carbocycles. The van der Waals surface area contributed by atoms with E-state index in [0.29, 0.717) is 6.54 Å². The molecule has 0 aromatic rings. The smallest absolute Gasteiger partial charge is 0.265 e. The summed E-state index contributed by atoms with van der Waals surface area (Å²) < 4.78 is 13.4. The maximum Gasteiger partial charge on any atom is 0.265 e. The number of hydrazone groups is 1. The fourth-order valence-corrected chi connectivity index (χ4v) is 1.16. The fraction of sp³-hybridized carbons (Fsp3) is 0.875. The minimum Gasteiger partial charge on any atom is -0.311 e. The minimum absolute atomic E-state index is 0.172. The van der Waals surface area contributed by atoms with Gasteiger partial charge in [0.25, 0.3) is 6.42 Å². The molecule has 70 valence electrons. The Hall–Kier alpha value is -0.800. The van der Waals surface area contributed by atoms with Crippen molar-refractivity contribution >= 4 is 6.34 Å². The first-order valence-corrected chi connectivity index (χ1v) is 4.39. The Balaban J connectivity index is 2.50. The summed E-state index contributed by atoms with van der Waals surface area (Å²) in [6, 6.07) is 0.172. The van der Waals surface area contributed by atoms with E-state index in [1.54, 1.807) is 11.2 Å². The van der Waals surface area contributed by atoms with E-state index >= 15 is 0 Å². The third-order valence-electron chi connectivity index (χ3n) is 1.87. The number of halogens is 1.